The number of unbranched alkanes of at least 4 members (excludes halogenated alkanes) is 1. The van der Waals surface area contributed by atoms with E-state index in [0.29, 0.717) is 42.2 Å². The fraction of sp³-hybridized carbons (Fsp3) is 0.480. The van der Waals surface area contributed by atoms with Gasteiger partial charge in [-0.2, -0.15) is 0 Å². The third-order valence-electron chi connectivity index (χ3n) is 5.86. The second kappa shape index (κ2) is 9.89. The number of benzene rings is 1. The lowest BCUT2D eigenvalue weighted by molar-refractivity contribution is 0.0962. The van der Waals surface area contributed by atoms with Crippen LogP contribution in [0.15, 0.2) is 18.2 Å². The van der Waals surface area contributed by atoms with Crippen molar-refractivity contribution in [2.45, 2.75) is 59.1 Å². The van der Waals surface area contributed by atoms with Crippen LogP contribution in [0.3, 0.4) is 0 Å². The van der Waals surface area contributed by atoms with Crippen LogP contribution in [0.4, 0.5) is 0 Å². The molecule has 2 heterocycles. The number of nitrogens with two attached hydrogens (primary N) is 1. The number of carbonyl (C=O) groups is 1. The summed E-state index contributed by atoms with van der Waals surface area (Å²) in [6, 6.07) is 5.14. The average molecular weight is 455 g/mol. The molecule has 33 heavy (non-hydrogen) atoms. The lowest BCUT2D eigenvalue weighted by atomic mass is 9.84. The Kier molecular flexibility index (Phi) is 7.39. The Hall–Kier alpha value is -2.97. The van der Waals surface area contributed by atoms with Crippen LogP contribution in [-0.4, -0.2) is 51.4 Å². The maximum absolute atomic E-state index is 13.3. The van der Waals surface area contributed by atoms with E-state index in [1.807, 2.05) is 26.8 Å². The summed E-state index contributed by atoms with van der Waals surface area (Å²) >= 11 is 0. The number of pyridine rings is 1. The van der Waals surface area contributed by atoms with Gasteiger partial charge >= 0.3 is 0 Å². The Bertz CT molecular complexity index is 1060. The number of hydrogen-bond donors (Lipinski definition) is 4. The van der Waals surface area contributed by atoms with Crippen LogP contribution >= 0.6 is 0 Å². The zero-order valence-corrected chi connectivity index (χ0v) is 19.9. The normalized spacial score (nSPS) is 13.4. The molecule has 0 bridgehead atoms. The molecule has 0 spiro atoms. The van der Waals surface area contributed by atoms with Crippen molar-refractivity contribution >= 4 is 11.6 Å². The monoisotopic (exact) mass is 454 g/mol. The first kappa shape index (κ1) is 24.7. The van der Waals surface area contributed by atoms with Gasteiger partial charge in [-0.1, -0.05) is 20.8 Å². The number of aliphatic hydroxyl groups is 1. The highest BCUT2D eigenvalue weighted by Crippen LogP contribution is 2.39. The van der Waals surface area contributed by atoms with E-state index in [1.165, 1.54) is 0 Å². The number of ether oxygens (including phenoxy) is 1. The van der Waals surface area contributed by atoms with Crippen LogP contribution < -0.4 is 10.5 Å². The minimum absolute atomic E-state index is 0.00364. The molecule has 1 aliphatic heterocycles. The van der Waals surface area contributed by atoms with E-state index in [0.717, 1.165) is 24.0 Å². The highest BCUT2D eigenvalue weighted by molar-refractivity contribution is 6.04. The molecular weight excluding hydrogens is 420 g/mol. The fourth-order valence-corrected chi connectivity index (χ4v) is 3.89. The third-order valence-corrected chi connectivity index (χ3v) is 5.86. The first-order valence-corrected chi connectivity index (χ1v) is 11.2. The summed E-state index contributed by atoms with van der Waals surface area (Å²) in [5, 5.41) is 28.8. The first-order valence-electron chi connectivity index (χ1n) is 11.2. The number of nitrogens with one attached hydrogen (secondary N) is 1. The predicted molar refractivity (Wildman–Crippen MR) is 127 cm³/mol. The zero-order chi connectivity index (χ0) is 24.3. The topological polar surface area (TPSA) is 133 Å². The predicted octanol–water partition coefficient (Wildman–Crippen LogP) is 3.03. The van der Waals surface area contributed by atoms with Crippen LogP contribution in [-0.2, 0) is 18.6 Å². The van der Waals surface area contributed by atoms with Crippen molar-refractivity contribution in [3.63, 3.8) is 0 Å². The van der Waals surface area contributed by atoms with Crippen molar-refractivity contribution < 1.29 is 19.7 Å². The number of rotatable bonds is 9. The Morgan fingerprint density at radius 3 is 2.64 bits per heavy atom. The molecule has 0 radical (unpaired) electrons. The van der Waals surface area contributed by atoms with E-state index in [1.54, 1.807) is 24.0 Å². The molecule has 3 rings (SSSR count). The van der Waals surface area contributed by atoms with Gasteiger partial charge in [0.1, 0.15) is 11.5 Å². The molecule has 1 aliphatic rings. The zero-order valence-electron chi connectivity index (χ0n) is 19.9. The summed E-state index contributed by atoms with van der Waals surface area (Å²) in [4.78, 5) is 19.4. The van der Waals surface area contributed by atoms with Crippen molar-refractivity contribution in [2.75, 3.05) is 19.7 Å². The van der Waals surface area contributed by atoms with Gasteiger partial charge in [-0.25, -0.2) is 4.98 Å². The van der Waals surface area contributed by atoms with Gasteiger partial charge in [0.15, 0.2) is 17.3 Å². The number of carbonyl (C=O) groups excluding carboxylic acids is 1. The summed E-state index contributed by atoms with van der Waals surface area (Å²) in [5.41, 5.74) is 8.97. The van der Waals surface area contributed by atoms with Crippen molar-refractivity contribution in [3.05, 3.63) is 51.8 Å². The summed E-state index contributed by atoms with van der Waals surface area (Å²) in [5.74, 6) is 0.347. The van der Waals surface area contributed by atoms with E-state index < -0.39 is 5.41 Å². The van der Waals surface area contributed by atoms with E-state index in [2.05, 4.69) is 4.98 Å². The Morgan fingerprint density at radius 1 is 1.27 bits per heavy atom. The Labute approximate surface area is 194 Å². The van der Waals surface area contributed by atoms with E-state index in [4.69, 9.17) is 15.9 Å². The largest absolute Gasteiger partial charge is 0.504 e. The van der Waals surface area contributed by atoms with E-state index in [9.17, 15) is 15.0 Å². The molecule has 8 nitrogen and oxygen atoms in total. The summed E-state index contributed by atoms with van der Waals surface area (Å²) in [6.45, 7) is 8.93. The molecule has 0 aliphatic carbocycles. The Morgan fingerprint density at radius 2 is 2.00 bits per heavy atom. The van der Waals surface area contributed by atoms with Crippen molar-refractivity contribution in [3.8, 4) is 11.5 Å². The summed E-state index contributed by atoms with van der Waals surface area (Å²) in [6.07, 6.45) is 1.57. The van der Waals surface area contributed by atoms with Gasteiger partial charge in [0.25, 0.3) is 0 Å². The minimum atomic E-state index is -0.394. The first-order chi connectivity index (χ1) is 15.6. The van der Waals surface area contributed by atoms with Gasteiger partial charge < -0.3 is 25.6 Å². The SMILES string of the molecule is Cc1nc2c(cc1CO)CN(CC(=O)c1cc(OCCCCN)c(O)c(C(C)(C)C)c1)C2=N. The van der Waals surface area contributed by atoms with Crippen LogP contribution in [0.2, 0.25) is 0 Å². The maximum Gasteiger partial charge on any atom is 0.182 e. The molecule has 0 saturated heterocycles. The molecule has 0 fully saturated rings. The molecule has 8 heteroatoms. The number of aliphatic hydroxyl groups excluding tert-OH is 1. The highest BCUT2D eigenvalue weighted by atomic mass is 16.5. The molecule has 178 valence electrons. The molecule has 0 amide bonds. The van der Waals surface area contributed by atoms with Crippen molar-refractivity contribution in [1.29, 1.82) is 5.41 Å². The van der Waals surface area contributed by atoms with Gasteiger partial charge in [-0.15, -0.1) is 0 Å². The molecule has 1 aromatic heterocycles. The number of aryl methyl sites for hydroxylation is 1. The van der Waals surface area contributed by atoms with Crippen LogP contribution in [0.25, 0.3) is 0 Å². The Balaban J connectivity index is 1.85. The van der Waals surface area contributed by atoms with Gasteiger partial charge in [0.05, 0.1) is 19.8 Å². The second-order valence-corrected chi connectivity index (χ2v) is 9.49. The molecule has 1 aromatic carbocycles. The number of Topliss-reactive ketones (excluding diaryl/α,β-unsaturated/α-hetero) is 1. The number of hydrogen-bond acceptors (Lipinski definition) is 7. The number of aromatic nitrogens is 1. The number of aromatic hydroxyl groups is 1. The standard InChI is InChI=1S/C25H34N4O4/c1-15-18(14-30)9-17-12-29(24(27)22(17)28-15)13-20(31)16-10-19(25(2,3)4)23(32)21(11-16)33-8-6-5-7-26/h9-11,27,30,32H,5-8,12-14,26H2,1-4H3. The van der Waals surface area contributed by atoms with Gasteiger partial charge in [-0.05, 0) is 55.5 Å². The maximum atomic E-state index is 13.3. The number of nitrogens with zero attached hydrogens (tertiary/aromatic N) is 2. The summed E-state index contributed by atoms with van der Waals surface area (Å²) < 4.78 is 5.80. The number of phenolic OH excluding ortho intramolecular Hbond substituents is 1. The number of phenols is 1. The number of ketones is 1. The molecule has 0 unspecified atom stereocenters. The van der Waals surface area contributed by atoms with Crippen LogP contribution in [0, 0.1) is 12.3 Å². The van der Waals surface area contributed by atoms with E-state index >= 15 is 0 Å². The van der Waals surface area contributed by atoms with Crippen molar-refractivity contribution in [2.24, 2.45) is 5.73 Å². The lowest BCUT2D eigenvalue weighted by Gasteiger charge is -2.24. The molecule has 2 aromatic rings. The molecule has 5 N–H and O–H groups in total. The third kappa shape index (κ3) is 5.34. The fourth-order valence-electron chi connectivity index (χ4n) is 3.89. The molecule has 0 atom stereocenters. The number of amidine groups is 1. The molecular formula is C25H34N4O4. The van der Waals surface area contributed by atoms with Crippen LogP contribution in [0.1, 0.15) is 72.0 Å². The van der Waals surface area contributed by atoms with Gasteiger partial charge in [0, 0.05) is 28.9 Å². The van der Waals surface area contributed by atoms with Gasteiger partial charge in [-0.3, -0.25) is 10.2 Å². The average Bonchev–Trinajstić information content (AvgIpc) is 3.05. The number of fused-ring (bicyclic) bond motifs is 1. The highest BCUT2D eigenvalue weighted by Gasteiger charge is 2.30. The smallest absolute Gasteiger partial charge is 0.182 e. The second-order valence-electron chi connectivity index (χ2n) is 9.49. The van der Waals surface area contributed by atoms with Crippen LogP contribution in [0.5, 0.6) is 11.5 Å². The van der Waals surface area contributed by atoms with Crippen molar-refractivity contribution in [1.82, 2.24) is 9.88 Å². The van der Waals surface area contributed by atoms with Gasteiger partial charge in [0.2, 0.25) is 0 Å². The molecule has 0 saturated carbocycles. The lowest BCUT2D eigenvalue weighted by Crippen LogP contribution is -2.30. The minimum Gasteiger partial charge on any atom is -0.504 e. The summed E-state index contributed by atoms with van der Waals surface area (Å²) in [7, 11) is 0. The van der Waals surface area contributed by atoms with E-state index in [-0.39, 0.29) is 36.3 Å². The quantitative estimate of drug-likeness (QED) is 0.338.